The number of nitrogens with two attached hydrogens (primary N) is 1. The molecule has 0 unspecified atom stereocenters. The minimum absolute atomic E-state index is 0.0223. The first-order valence-corrected chi connectivity index (χ1v) is 9.36. The van der Waals surface area contributed by atoms with Gasteiger partial charge in [0.1, 0.15) is 0 Å². The first kappa shape index (κ1) is 19.4. The molecule has 0 radical (unpaired) electrons. The average Bonchev–Trinajstić information content (AvgIpc) is 3.20. The van der Waals surface area contributed by atoms with Crippen molar-refractivity contribution in [2.24, 2.45) is 5.73 Å². The zero-order chi connectivity index (χ0) is 19.9. The van der Waals surface area contributed by atoms with Crippen molar-refractivity contribution in [2.45, 2.75) is 31.7 Å². The molecule has 146 valence electrons. The van der Waals surface area contributed by atoms with E-state index in [1.807, 2.05) is 0 Å². The molecule has 0 heterocycles. The summed E-state index contributed by atoms with van der Waals surface area (Å²) in [5, 5.41) is 8.79. The summed E-state index contributed by atoms with van der Waals surface area (Å²) in [4.78, 5) is 35.9. The quantitative estimate of drug-likeness (QED) is 0.591. The number of anilines is 2. The van der Waals surface area contributed by atoms with Gasteiger partial charge in [0.15, 0.2) is 0 Å². The standard InChI is InChI=1S/C21H24N4O3/c22-20(27)14-9-11-15(12-10-14)23-13-19(26)25-18-8-4-3-7-17(18)21(28)24-16-5-1-2-6-16/h3-4,7-12,16,23H,1-2,5-6,13H2,(H2,22,27)(H,24,28)(H,25,26). The van der Waals surface area contributed by atoms with E-state index in [0.717, 1.165) is 25.7 Å². The number of benzene rings is 2. The summed E-state index contributed by atoms with van der Waals surface area (Å²) in [5.74, 6) is -0.949. The second-order valence-electron chi connectivity index (χ2n) is 6.84. The summed E-state index contributed by atoms with van der Waals surface area (Å²) in [6, 6.07) is 13.7. The second kappa shape index (κ2) is 9.03. The first-order valence-electron chi connectivity index (χ1n) is 9.36. The highest BCUT2D eigenvalue weighted by Crippen LogP contribution is 2.20. The zero-order valence-electron chi connectivity index (χ0n) is 15.5. The molecule has 7 nitrogen and oxygen atoms in total. The van der Waals surface area contributed by atoms with Crippen molar-refractivity contribution in [1.82, 2.24) is 5.32 Å². The van der Waals surface area contributed by atoms with Gasteiger partial charge in [-0.3, -0.25) is 14.4 Å². The smallest absolute Gasteiger partial charge is 0.253 e. The third-order valence-electron chi connectivity index (χ3n) is 4.76. The molecule has 0 aromatic heterocycles. The third kappa shape index (κ3) is 5.09. The maximum atomic E-state index is 12.6. The Labute approximate surface area is 163 Å². The summed E-state index contributed by atoms with van der Waals surface area (Å²) < 4.78 is 0. The molecule has 5 N–H and O–H groups in total. The van der Waals surface area contributed by atoms with Gasteiger partial charge in [-0.05, 0) is 49.2 Å². The summed E-state index contributed by atoms with van der Waals surface area (Å²) in [6.45, 7) is 0.0223. The van der Waals surface area contributed by atoms with Gasteiger partial charge in [-0.2, -0.15) is 0 Å². The number of para-hydroxylation sites is 1. The number of hydrogen-bond donors (Lipinski definition) is 4. The number of amides is 3. The highest BCUT2D eigenvalue weighted by Gasteiger charge is 2.20. The Kier molecular flexibility index (Phi) is 6.26. The molecule has 0 atom stereocenters. The monoisotopic (exact) mass is 380 g/mol. The van der Waals surface area contributed by atoms with Gasteiger partial charge in [-0.1, -0.05) is 25.0 Å². The maximum absolute atomic E-state index is 12.6. The molecule has 0 aliphatic heterocycles. The summed E-state index contributed by atoms with van der Waals surface area (Å²) >= 11 is 0. The summed E-state index contributed by atoms with van der Waals surface area (Å²) in [6.07, 6.45) is 4.27. The molecule has 0 bridgehead atoms. The molecule has 7 heteroatoms. The number of carbonyl (C=O) groups excluding carboxylic acids is 3. The average molecular weight is 380 g/mol. The number of nitrogens with one attached hydrogen (secondary N) is 3. The molecule has 1 aliphatic carbocycles. The van der Waals surface area contributed by atoms with Crippen LogP contribution in [-0.4, -0.2) is 30.3 Å². The predicted molar refractivity (Wildman–Crippen MR) is 108 cm³/mol. The van der Waals surface area contributed by atoms with Crippen molar-refractivity contribution in [3.05, 3.63) is 59.7 Å². The van der Waals surface area contributed by atoms with E-state index in [0.29, 0.717) is 22.5 Å². The molecule has 0 spiro atoms. The number of rotatable bonds is 7. The topological polar surface area (TPSA) is 113 Å². The van der Waals surface area contributed by atoms with Crippen LogP contribution in [0.5, 0.6) is 0 Å². The molecule has 0 saturated heterocycles. The van der Waals surface area contributed by atoms with Crippen LogP contribution in [0.15, 0.2) is 48.5 Å². The fourth-order valence-electron chi connectivity index (χ4n) is 3.25. The molecule has 2 aromatic rings. The van der Waals surface area contributed by atoms with Gasteiger partial charge in [0, 0.05) is 17.3 Å². The molecule has 1 aliphatic rings. The normalized spacial score (nSPS) is 13.7. The van der Waals surface area contributed by atoms with Gasteiger partial charge in [-0.25, -0.2) is 0 Å². The van der Waals surface area contributed by atoms with E-state index in [9.17, 15) is 14.4 Å². The third-order valence-corrected chi connectivity index (χ3v) is 4.76. The van der Waals surface area contributed by atoms with Crippen molar-refractivity contribution >= 4 is 29.1 Å². The van der Waals surface area contributed by atoms with Crippen molar-refractivity contribution < 1.29 is 14.4 Å². The van der Waals surface area contributed by atoms with E-state index < -0.39 is 5.91 Å². The van der Waals surface area contributed by atoms with Crippen molar-refractivity contribution in [3.8, 4) is 0 Å². The van der Waals surface area contributed by atoms with Crippen LogP contribution in [0.25, 0.3) is 0 Å². The highest BCUT2D eigenvalue weighted by atomic mass is 16.2. The Morgan fingerprint density at radius 1 is 0.964 bits per heavy atom. The van der Waals surface area contributed by atoms with Crippen molar-refractivity contribution in [1.29, 1.82) is 0 Å². The van der Waals surface area contributed by atoms with E-state index in [4.69, 9.17) is 5.73 Å². The first-order chi connectivity index (χ1) is 13.5. The van der Waals surface area contributed by atoms with Crippen LogP contribution in [0.3, 0.4) is 0 Å². The van der Waals surface area contributed by atoms with E-state index in [1.165, 1.54) is 0 Å². The minimum Gasteiger partial charge on any atom is -0.376 e. The van der Waals surface area contributed by atoms with Crippen LogP contribution in [0.4, 0.5) is 11.4 Å². The Balaban J connectivity index is 1.57. The zero-order valence-corrected chi connectivity index (χ0v) is 15.5. The van der Waals surface area contributed by atoms with Crippen LogP contribution in [0.2, 0.25) is 0 Å². The molecule has 3 amide bonds. The Morgan fingerprint density at radius 3 is 2.32 bits per heavy atom. The number of primary amides is 1. The predicted octanol–water partition coefficient (Wildman–Crippen LogP) is 2.51. The van der Waals surface area contributed by atoms with Crippen LogP contribution in [-0.2, 0) is 4.79 Å². The maximum Gasteiger partial charge on any atom is 0.253 e. The fourth-order valence-corrected chi connectivity index (χ4v) is 3.25. The van der Waals surface area contributed by atoms with Gasteiger partial charge in [0.05, 0.1) is 17.8 Å². The molecular formula is C21H24N4O3. The molecule has 2 aromatic carbocycles. The van der Waals surface area contributed by atoms with Crippen molar-refractivity contribution in [2.75, 3.05) is 17.2 Å². The van der Waals surface area contributed by atoms with Crippen molar-refractivity contribution in [3.63, 3.8) is 0 Å². The van der Waals surface area contributed by atoms with Gasteiger partial charge >= 0.3 is 0 Å². The summed E-state index contributed by atoms with van der Waals surface area (Å²) in [5.41, 5.74) is 7.23. The van der Waals surface area contributed by atoms with Crippen LogP contribution >= 0.6 is 0 Å². The lowest BCUT2D eigenvalue weighted by molar-refractivity contribution is -0.114. The molecule has 1 saturated carbocycles. The number of hydrogen-bond acceptors (Lipinski definition) is 4. The van der Waals surface area contributed by atoms with Crippen LogP contribution < -0.4 is 21.7 Å². The molecule has 3 rings (SSSR count). The Hall–Kier alpha value is -3.35. The Bertz CT molecular complexity index is 858. The van der Waals surface area contributed by atoms with Gasteiger partial charge < -0.3 is 21.7 Å². The van der Waals surface area contributed by atoms with Crippen LogP contribution in [0.1, 0.15) is 46.4 Å². The van der Waals surface area contributed by atoms with Crippen LogP contribution in [0, 0.1) is 0 Å². The lowest BCUT2D eigenvalue weighted by atomic mass is 10.1. The highest BCUT2D eigenvalue weighted by molar-refractivity contribution is 6.04. The molecule has 28 heavy (non-hydrogen) atoms. The van der Waals surface area contributed by atoms with E-state index >= 15 is 0 Å². The van der Waals surface area contributed by atoms with Gasteiger partial charge in [0.2, 0.25) is 11.8 Å². The summed E-state index contributed by atoms with van der Waals surface area (Å²) in [7, 11) is 0. The molecule has 1 fully saturated rings. The number of carbonyl (C=O) groups is 3. The van der Waals surface area contributed by atoms with E-state index in [2.05, 4.69) is 16.0 Å². The largest absolute Gasteiger partial charge is 0.376 e. The Morgan fingerprint density at radius 2 is 1.64 bits per heavy atom. The lowest BCUT2D eigenvalue weighted by Crippen LogP contribution is -2.33. The SMILES string of the molecule is NC(=O)c1ccc(NCC(=O)Nc2ccccc2C(=O)NC2CCCC2)cc1. The van der Waals surface area contributed by atoms with Gasteiger partial charge in [-0.15, -0.1) is 0 Å². The second-order valence-corrected chi connectivity index (χ2v) is 6.84. The molecular weight excluding hydrogens is 356 g/mol. The van der Waals surface area contributed by atoms with Gasteiger partial charge in [0.25, 0.3) is 5.91 Å². The lowest BCUT2D eigenvalue weighted by Gasteiger charge is -2.15. The fraction of sp³-hybridized carbons (Fsp3) is 0.286. The van der Waals surface area contributed by atoms with E-state index in [-0.39, 0.29) is 24.4 Å². The minimum atomic E-state index is -0.503. The van der Waals surface area contributed by atoms with E-state index in [1.54, 1.807) is 48.5 Å².